The third kappa shape index (κ3) is 1.87. The zero-order chi connectivity index (χ0) is 9.97. The highest BCUT2D eigenvalue weighted by molar-refractivity contribution is 5.92. The Morgan fingerprint density at radius 3 is 3.14 bits per heavy atom. The molecule has 14 heavy (non-hydrogen) atoms. The van der Waals surface area contributed by atoms with Crippen LogP contribution in [0.5, 0.6) is 5.75 Å². The van der Waals surface area contributed by atoms with Crippen molar-refractivity contribution in [3.8, 4) is 5.75 Å². The topological polar surface area (TPSA) is 38.3 Å². The van der Waals surface area contributed by atoms with Crippen molar-refractivity contribution >= 4 is 11.6 Å². The van der Waals surface area contributed by atoms with Gasteiger partial charge in [-0.2, -0.15) is 0 Å². The molecule has 1 amide bonds. The second-order valence-electron chi connectivity index (χ2n) is 3.50. The SMILES string of the molecule is Cc1ccc2c(c1)OCCCC(=O)N2. The normalized spacial score (nSPS) is 15.9. The van der Waals surface area contributed by atoms with E-state index < -0.39 is 0 Å². The van der Waals surface area contributed by atoms with Crippen LogP contribution in [0, 0.1) is 6.92 Å². The van der Waals surface area contributed by atoms with Gasteiger partial charge in [-0.25, -0.2) is 0 Å². The summed E-state index contributed by atoms with van der Waals surface area (Å²) in [7, 11) is 0. The van der Waals surface area contributed by atoms with E-state index in [-0.39, 0.29) is 5.91 Å². The Kier molecular flexibility index (Phi) is 2.39. The monoisotopic (exact) mass is 191 g/mol. The van der Waals surface area contributed by atoms with E-state index in [2.05, 4.69) is 5.32 Å². The Hall–Kier alpha value is -1.51. The molecule has 0 radical (unpaired) electrons. The Morgan fingerprint density at radius 1 is 1.43 bits per heavy atom. The number of amides is 1. The molecule has 0 aromatic heterocycles. The molecule has 0 aliphatic carbocycles. The molecule has 0 saturated heterocycles. The number of carbonyl (C=O) groups is 1. The van der Waals surface area contributed by atoms with Crippen LogP contribution in [0.4, 0.5) is 5.69 Å². The van der Waals surface area contributed by atoms with Crippen molar-refractivity contribution in [2.24, 2.45) is 0 Å². The maximum Gasteiger partial charge on any atom is 0.224 e. The summed E-state index contributed by atoms with van der Waals surface area (Å²) in [5.41, 5.74) is 1.92. The van der Waals surface area contributed by atoms with E-state index >= 15 is 0 Å². The van der Waals surface area contributed by atoms with Crippen molar-refractivity contribution < 1.29 is 9.53 Å². The number of ether oxygens (including phenoxy) is 1. The number of anilines is 1. The summed E-state index contributed by atoms with van der Waals surface area (Å²) in [5.74, 6) is 0.844. The van der Waals surface area contributed by atoms with Crippen LogP contribution in [-0.4, -0.2) is 12.5 Å². The van der Waals surface area contributed by atoms with Gasteiger partial charge in [0.15, 0.2) is 0 Å². The molecule has 3 heteroatoms. The average molecular weight is 191 g/mol. The van der Waals surface area contributed by atoms with Gasteiger partial charge in [0.1, 0.15) is 5.75 Å². The van der Waals surface area contributed by atoms with Gasteiger partial charge < -0.3 is 10.1 Å². The predicted molar refractivity (Wildman–Crippen MR) is 54.5 cm³/mol. The van der Waals surface area contributed by atoms with Gasteiger partial charge in [-0.05, 0) is 31.0 Å². The van der Waals surface area contributed by atoms with Crippen molar-refractivity contribution in [2.75, 3.05) is 11.9 Å². The van der Waals surface area contributed by atoms with Gasteiger partial charge in [-0.1, -0.05) is 6.07 Å². The minimum Gasteiger partial charge on any atom is -0.491 e. The second kappa shape index (κ2) is 3.70. The molecule has 0 fully saturated rings. The van der Waals surface area contributed by atoms with Crippen LogP contribution in [-0.2, 0) is 4.79 Å². The van der Waals surface area contributed by atoms with Crippen LogP contribution < -0.4 is 10.1 Å². The van der Waals surface area contributed by atoms with Crippen LogP contribution in [0.2, 0.25) is 0 Å². The molecule has 1 aromatic carbocycles. The maximum absolute atomic E-state index is 11.3. The predicted octanol–water partition coefficient (Wildman–Crippen LogP) is 2.11. The van der Waals surface area contributed by atoms with Gasteiger partial charge in [0.05, 0.1) is 12.3 Å². The van der Waals surface area contributed by atoms with Crippen LogP contribution in [0.25, 0.3) is 0 Å². The molecule has 1 heterocycles. The molecule has 3 nitrogen and oxygen atoms in total. The number of carbonyl (C=O) groups excluding carboxylic acids is 1. The fourth-order valence-electron chi connectivity index (χ4n) is 1.48. The highest BCUT2D eigenvalue weighted by atomic mass is 16.5. The van der Waals surface area contributed by atoms with Crippen LogP contribution in [0.3, 0.4) is 0 Å². The zero-order valence-corrected chi connectivity index (χ0v) is 8.17. The summed E-state index contributed by atoms with van der Waals surface area (Å²) in [6.45, 7) is 2.62. The van der Waals surface area contributed by atoms with Crippen molar-refractivity contribution in [3.63, 3.8) is 0 Å². The molecule has 74 valence electrons. The number of aryl methyl sites for hydroxylation is 1. The van der Waals surface area contributed by atoms with Crippen LogP contribution in [0.1, 0.15) is 18.4 Å². The minimum atomic E-state index is 0.0680. The van der Waals surface area contributed by atoms with E-state index in [4.69, 9.17) is 4.74 Å². The van der Waals surface area contributed by atoms with Crippen molar-refractivity contribution in [1.82, 2.24) is 0 Å². The van der Waals surface area contributed by atoms with Crippen molar-refractivity contribution in [2.45, 2.75) is 19.8 Å². The molecule has 0 unspecified atom stereocenters. The van der Waals surface area contributed by atoms with Crippen LogP contribution in [0.15, 0.2) is 18.2 Å². The summed E-state index contributed by atoms with van der Waals surface area (Å²) in [6.07, 6.45) is 1.31. The van der Waals surface area contributed by atoms with E-state index in [0.29, 0.717) is 13.0 Å². The number of nitrogens with one attached hydrogen (secondary N) is 1. The zero-order valence-electron chi connectivity index (χ0n) is 8.17. The first-order valence-electron chi connectivity index (χ1n) is 4.79. The van der Waals surface area contributed by atoms with Crippen LogP contribution >= 0.6 is 0 Å². The molecule has 0 spiro atoms. The van der Waals surface area contributed by atoms with Gasteiger partial charge in [0.25, 0.3) is 0 Å². The summed E-state index contributed by atoms with van der Waals surface area (Å²) in [6, 6.07) is 5.79. The third-order valence-corrected chi connectivity index (χ3v) is 2.22. The fourth-order valence-corrected chi connectivity index (χ4v) is 1.48. The number of rotatable bonds is 0. The largest absolute Gasteiger partial charge is 0.491 e. The summed E-state index contributed by atoms with van der Waals surface area (Å²) < 4.78 is 5.54. The smallest absolute Gasteiger partial charge is 0.224 e. The Labute approximate surface area is 83.1 Å². The number of hydrogen-bond donors (Lipinski definition) is 1. The fraction of sp³-hybridized carbons (Fsp3) is 0.364. The third-order valence-electron chi connectivity index (χ3n) is 2.22. The highest BCUT2D eigenvalue weighted by Crippen LogP contribution is 2.27. The van der Waals surface area contributed by atoms with E-state index in [0.717, 1.165) is 23.4 Å². The first kappa shape index (κ1) is 9.06. The Morgan fingerprint density at radius 2 is 2.29 bits per heavy atom. The summed E-state index contributed by atoms with van der Waals surface area (Å²) in [5, 5.41) is 2.83. The number of hydrogen-bond acceptors (Lipinski definition) is 2. The summed E-state index contributed by atoms with van der Waals surface area (Å²) in [4.78, 5) is 11.3. The molecule has 1 aliphatic rings. The quantitative estimate of drug-likeness (QED) is 0.682. The van der Waals surface area contributed by atoms with Gasteiger partial charge >= 0.3 is 0 Å². The second-order valence-corrected chi connectivity index (χ2v) is 3.50. The number of fused-ring (bicyclic) bond motifs is 1. The van der Waals surface area contributed by atoms with Gasteiger partial charge in [-0.15, -0.1) is 0 Å². The standard InChI is InChI=1S/C11H13NO2/c1-8-4-5-9-10(7-8)14-6-2-3-11(13)12-9/h4-5,7H,2-3,6H2,1H3,(H,12,13). The van der Waals surface area contributed by atoms with Gasteiger partial charge in [0.2, 0.25) is 5.91 Å². The van der Waals surface area contributed by atoms with E-state index in [1.165, 1.54) is 0 Å². The molecule has 0 bridgehead atoms. The lowest BCUT2D eigenvalue weighted by Crippen LogP contribution is -2.16. The lowest BCUT2D eigenvalue weighted by atomic mass is 10.2. The lowest BCUT2D eigenvalue weighted by Gasteiger charge is -2.16. The molecule has 2 rings (SSSR count). The molecule has 1 aliphatic heterocycles. The van der Waals surface area contributed by atoms with Crippen molar-refractivity contribution in [1.29, 1.82) is 0 Å². The Bertz CT molecular complexity index is 360. The van der Waals surface area contributed by atoms with Gasteiger partial charge in [0, 0.05) is 6.42 Å². The molecule has 0 saturated carbocycles. The first-order valence-corrected chi connectivity index (χ1v) is 4.79. The molecule has 0 atom stereocenters. The molecular weight excluding hydrogens is 178 g/mol. The average Bonchev–Trinajstić information content (AvgIpc) is 2.13. The molecular formula is C11H13NO2. The van der Waals surface area contributed by atoms with Gasteiger partial charge in [-0.3, -0.25) is 4.79 Å². The highest BCUT2D eigenvalue weighted by Gasteiger charge is 2.11. The van der Waals surface area contributed by atoms with Crippen molar-refractivity contribution in [3.05, 3.63) is 23.8 Å². The number of benzene rings is 1. The minimum absolute atomic E-state index is 0.0680. The van der Waals surface area contributed by atoms with E-state index in [9.17, 15) is 4.79 Å². The van der Waals surface area contributed by atoms with E-state index in [1.54, 1.807) is 0 Å². The summed E-state index contributed by atoms with van der Waals surface area (Å²) >= 11 is 0. The lowest BCUT2D eigenvalue weighted by molar-refractivity contribution is -0.116. The molecule has 1 aromatic rings. The first-order chi connectivity index (χ1) is 6.75. The molecule has 1 N–H and O–H groups in total. The Balaban J connectivity index is 2.34. The van der Waals surface area contributed by atoms with E-state index in [1.807, 2.05) is 25.1 Å². The maximum atomic E-state index is 11.3.